The standard InChI is InChI=1S/C14H20N2O2/c1-5-13(17)11-6-8-12(9-7-11)15-10(2)14(18)16(3)4/h6-10,15H,5H2,1-4H3. The molecule has 1 N–H and O–H groups in total. The summed E-state index contributed by atoms with van der Waals surface area (Å²) in [5.74, 6) is 0.141. The second-order valence-corrected chi connectivity index (χ2v) is 4.45. The van der Waals surface area contributed by atoms with Crippen molar-refractivity contribution in [2.45, 2.75) is 26.3 Å². The molecule has 18 heavy (non-hydrogen) atoms. The molecule has 0 saturated carbocycles. The number of ketones is 1. The Hall–Kier alpha value is -1.84. The Morgan fingerprint density at radius 1 is 1.22 bits per heavy atom. The van der Waals surface area contributed by atoms with Crippen molar-refractivity contribution >= 4 is 17.4 Å². The predicted octanol–water partition coefficient (Wildman–Crippen LogP) is 2.17. The lowest BCUT2D eigenvalue weighted by molar-refractivity contribution is -0.129. The average molecular weight is 248 g/mol. The molecule has 0 bridgehead atoms. The van der Waals surface area contributed by atoms with E-state index in [0.717, 1.165) is 5.69 Å². The van der Waals surface area contributed by atoms with Crippen LogP contribution in [0.15, 0.2) is 24.3 Å². The highest BCUT2D eigenvalue weighted by Crippen LogP contribution is 2.12. The zero-order valence-corrected chi connectivity index (χ0v) is 11.4. The monoisotopic (exact) mass is 248 g/mol. The van der Waals surface area contributed by atoms with Gasteiger partial charge < -0.3 is 10.2 Å². The Morgan fingerprint density at radius 2 is 1.78 bits per heavy atom. The van der Waals surface area contributed by atoms with Crippen molar-refractivity contribution in [3.63, 3.8) is 0 Å². The summed E-state index contributed by atoms with van der Waals surface area (Å²) in [6.07, 6.45) is 0.502. The SMILES string of the molecule is CCC(=O)c1ccc(NC(C)C(=O)N(C)C)cc1. The number of likely N-dealkylation sites (N-methyl/N-ethyl adjacent to an activating group) is 1. The second kappa shape index (κ2) is 6.19. The van der Waals surface area contributed by atoms with Crippen LogP contribution in [0.2, 0.25) is 0 Å². The van der Waals surface area contributed by atoms with Crippen molar-refractivity contribution in [2.24, 2.45) is 0 Å². The topological polar surface area (TPSA) is 49.4 Å². The summed E-state index contributed by atoms with van der Waals surface area (Å²) in [7, 11) is 3.45. The van der Waals surface area contributed by atoms with Crippen molar-refractivity contribution in [1.29, 1.82) is 0 Å². The van der Waals surface area contributed by atoms with Gasteiger partial charge in [0.1, 0.15) is 6.04 Å². The van der Waals surface area contributed by atoms with Crippen molar-refractivity contribution < 1.29 is 9.59 Å². The van der Waals surface area contributed by atoms with Crippen molar-refractivity contribution in [3.8, 4) is 0 Å². The zero-order valence-electron chi connectivity index (χ0n) is 11.4. The summed E-state index contributed by atoms with van der Waals surface area (Å²) in [5.41, 5.74) is 1.54. The fraction of sp³-hybridized carbons (Fsp3) is 0.429. The lowest BCUT2D eigenvalue weighted by Crippen LogP contribution is -2.36. The molecule has 0 saturated heterocycles. The van der Waals surface area contributed by atoms with Gasteiger partial charge in [-0.3, -0.25) is 9.59 Å². The first kappa shape index (κ1) is 14.2. The molecule has 1 amide bonds. The van der Waals surface area contributed by atoms with E-state index in [1.165, 1.54) is 0 Å². The Kier molecular flexibility index (Phi) is 4.89. The molecule has 0 radical (unpaired) electrons. The number of benzene rings is 1. The van der Waals surface area contributed by atoms with E-state index < -0.39 is 0 Å². The molecular weight excluding hydrogens is 228 g/mol. The molecule has 98 valence electrons. The summed E-state index contributed by atoms with van der Waals surface area (Å²) in [5, 5.41) is 3.10. The van der Waals surface area contributed by atoms with Gasteiger partial charge >= 0.3 is 0 Å². The molecule has 1 aromatic carbocycles. The Balaban J connectivity index is 2.69. The minimum Gasteiger partial charge on any atom is -0.374 e. The highest BCUT2D eigenvalue weighted by atomic mass is 16.2. The maximum absolute atomic E-state index is 11.7. The fourth-order valence-corrected chi connectivity index (χ4v) is 1.66. The quantitative estimate of drug-likeness (QED) is 0.812. The van der Waals surface area contributed by atoms with Crippen LogP contribution in [0.4, 0.5) is 5.69 Å². The van der Waals surface area contributed by atoms with Gasteiger partial charge in [-0.1, -0.05) is 6.92 Å². The maximum atomic E-state index is 11.7. The number of carbonyl (C=O) groups excluding carboxylic acids is 2. The molecule has 1 rings (SSSR count). The lowest BCUT2D eigenvalue weighted by atomic mass is 10.1. The number of hydrogen-bond acceptors (Lipinski definition) is 3. The molecule has 0 aliphatic heterocycles. The summed E-state index contributed by atoms with van der Waals surface area (Å²) in [4.78, 5) is 24.7. The van der Waals surface area contributed by atoms with Crippen LogP contribution >= 0.6 is 0 Å². The number of anilines is 1. The number of nitrogens with zero attached hydrogens (tertiary/aromatic N) is 1. The third kappa shape index (κ3) is 3.58. The molecule has 1 atom stereocenters. The molecule has 0 fully saturated rings. The number of rotatable bonds is 5. The van der Waals surface area contributed by atoms with Gasteiger partial charge in [0.05, 0.1) is 0 Å². The van der Waals surface area contributed by atoms with E-state index in [4.69, 9.17) is 0 Å². The molecule has 0 heterocycles. The van der Waals surface area contributed by atoms with Crippen LogP contribution in [-0.2, 0) is 4.79 Å². The minimum atomic E-state index is -0.285. The first-order chi connectivity index (χ1) is 8.45. The van der Waals surface area contributed by atoms with Crippen molar-refractivity contribution in [3.05, 3.63) is 29.8 Å². The Bertz CT molecular complexity index is 424. The third-order valence-corrected chi connectivity index (χ3v) is 2.72. The first-order valence-electron chi connectivity index (χ1n) is 6.06. The summed E-state index contributed by atoms with van der Waals surface area (Å²) >= 11 is 0. The van der Waals surface area contributed by atoms with E-state index in [1.54, 1.807) is 31.1 Å². The molecule has 4 nitrogen and oxygen atoms in total. The van der Waals surface area contributed by atoms with Crippen LogP contribution in [0.25, 0.3) is 0 Å². The molecule has 1 unspecified atom stereocenters. The molecule has 0 aliphatic rings. The molecular formula is C14H20N2O2. The van der Waals surface area contributed by atoms with Gasteiger partial charge in [0, 0.05) is 31.8 Å². The fourth-order valence-electron chi connectivity index (χ4n) is 1.66. The summed E-state index contributed by atoms with van der Waals surface area (Å²) < 4.78 is 0. The highest BCUT2D eigenvalue weighted by molar-refractivity contribution is 5.96. The van der Waals surface area contributed by atoms with Crippen LogP contribution < -0.4 is 5.32 Å². The molecule has 0 aliphatic carbocycles. The van der Waals surface area contributed by atoms with Crippen LogP contribution in [0, 0.1) is 0 Å². The number of hydrogen-bond donors (Lipinski definition) is 1. The first-order valence-corrected chi connectivity index (χ1v) is 6.06. The largest absolute Gasteiger partial charge is 0.374 e. The number of Topliss-reactive ketones (excluding diaryl/α,β-unsaturated/α-hetero) is 1. The smallest absolute Gasteiger partial charge is 0.244 e. The third-order valence-electron chi connectivity index (χ3n) is 2.72. The van der Waals surface area contributed by atoms with Crippen LogP contribution in [0.1, 0.15) is 30.6 Å². The van der Waals surface area contributed by atoms with E-state index in [0.29, 0.717) is 12.0 Å². The number of amides is 1. The van der Waals surface area contributed by atoms with Crippen LogP contribution in [0.5, 0.6) is 0 Å². The van der Waals surface area contributed by atoms with Gasteiger partial charge in [0.2, 0.25) is 5.91 Å². The normalized spacial score (nSPS) is 11.8. The molecule has 4 heteroatoms. The second-order valence-electron chi connectivity index (χ2n) is 4.45. The van der Waals surface area contributed by atoms with Crippen molar-refractivity contribution in [1.82, 2.24) is 4.90 Å². The van der Waals surface area contributed by atoms with E-state index in [9.17, 15) is 9.59 Å². The Morgan fingerprint density at radius 3 is 2.22 bits per heavy atom. The minimum absolute atomic E-state index is 0.0173. The lowest BCUT2D eigenvalue weighted by Gasteiger charge is -2.19. The van der Waals surface area contributed by atoms with Gasteiger partial charge in [-0.2, -0.15) is 0 Å². The van der Waals surface area contributed by atoms with Gasteiger partial charge in [0.15, 0.2) is 5.78 Å². The Labute approximate surface area is 108 Å². The van der Waals surface area contributed by atoms with Gasteiger partial charge in [0.25, 0.3) is 0 Å². The van der Waals surface area contributed by atoms with E-state index in [1.807, 2.05) is 26.0 Å². The van der Waals surface area contributed by atoms with Crippen LogP contribution in [-0.4, -0.2) is 36.7 Å². The molecule has 1 aromatic rings. The molecule has 0 spiro atoms. The van der Waals surface area contributed by atoms with E-state index in [-0.39, 0.29) is 17.7 Å². The van der Waals surface area contributed by atoms with Gasteiger partial charge in [-0.15, -0.1) is 0 Å². The summed E-state index contributed by atoms with van der Waals surface area (Å²) in [6.45, 7) is 3.65. The predicted molar refractivity (Wildman–Crippen MR) is 72.8 cm³/mol. The summed E-state index contributed by atoms with van der Waals surface area (Å²) in [6, 6.07) is 6.92. The number of carbonyl (C=O) groups is 2. The highest BCUT2D eigenvalue weighted by Gasteiger charge is 2.14. The van der Waals surface area contributed by atoms with Crippen LogP contribution in [0.3, 0.4) is 0 Å². The average Bonchev–Trinajstić information content (AvgIpc) is 2.37. The van der Waals surface area contributed by atoms with E-state index in [2.05, 4.69) is 5.32 Å². The molecule has 0 aromatic heterocycles. The van der Waals surface area contributed by atoms with Crippen molar-refractivity contribution in [2.75, 3.05) is 19.4 Å². The van der Waals surface area contributed by atoms with Gasteiger partial charge in [-0.25, -0.2) is 0 Å². The maximum Gasteiger partial charge on any atom is 0.244 e. The number of nitrogens with one attached hydrogen (secondary N) is 1. The van der Waals surface area contributed by atoms with E-state index >= 15 is 0 Å². The van der Waals surface area contributed by atoms with Gasteiger partial charge in [-0.05, 0) is 31.2 Å². The zero-order chi connectivity index (χ0) is 13.7.